The Labute approximate surface area is 89.9 Å². The van der Waals surface area contributed by atoms with Gasteiger partial charge in [-0.2, -0.15) is 0 Å². The van der Waals surface area contributed by atoms with Crippen molar-refractivity contribution in [2.45, 2.75) is 20.3 Å². The van der Waals surface area contributed by atoms with Crippen LogP contribution in [0.5, 0.6) is 0 Å². The van der Waals surface area contributed by atoms with Gasteiger partial charge in [0.2, 0.25) is 0 Å². The number of hydrogen-bond donors (Lipinski definition) is 2. The third-order valence-electron chi connectivity index (χ3n) is 2.40. The van der Waals surface area contributed by atoms with E-state index in [1.165, 1.54) is 6.20 Å². The Bertz CT molecular complexity index is 338. The summed E-state index contributed by atoms with van der Waals surface area (Å²) in [5.74, 6) is 0.354. The van der Waals surface area contributed by atoms with Crippen molar-refractivity contribution in [3.05, 3.63) is 24.0 Å². The van der Waals surface area contributed by atoms with Crippen molar-refractivity contribution in [1.29, 1.82) is 0 Å². The van der Waals surface area contributed by atoms with Crippen molar-refractivity contribution < 1.29 is 4.79 Å². The van der Waals surface area contributed by atoms with Gasteiger partial charge in [0.25, 0.3) is 5.91 Å². The molecule has 0 aliphatic heterocycles. The number of carbonyl (C=O) groups excluding carboxylic acids is 1. The van der Waals surface area contributed by atoms with Crippen molar-refractivity contribution in [2.75, 3.05) is 12.3 Å². The lowest BCUT2D eigenvalue weighted by molar-refractivity contribution is 0.0948. The number of rotatable bonds is 4. The highest BCUT2D eigenvalue weighted by atomic mass is 16.1. The molecule has 0 aliphatic carbocycles. The van der Waals surface area contributed by atoms with Crippen molar-refractivity contribution in [1.82, 2.24) is 10.3 Å². The van der Waals surface area contributed by atoms with Crippen molar-refractivity contribution in [3.63, 3.8) is 0 Å². The molecule has 1 heterocycles. The summed E-state index contributed by atoms with van der Waals surface area (Å²) >= 11 is 0. The standard InChI is InChI=1S/C11H17N3O/c1-3-8(2)6-14-11(15)9-4-5-13-7-10(9)12/h4-5,7-8H,3,6,12H2,1-2H3,(H,14,15). The maximum atomic E-state index is 11.7. The highest BCUT2D eigenvalue weighted by molar-refractivity contribution is 5.98. The molecule has 0 saturated heterocycles. The summed E-state index contributed by atoms with van der Waals surface area (Å²) in [6, 6.07) is 1.63. The number of nitrogens with two attached hydrogens (primary N) is 1. The van der Waals surface area contributed by atoms with Crippen LogP contribution in [-0.2, 0) is 0 Å². The molecule has 82 valence electrons. The Balaban J connectivity index is 2.58. The van der Waals surface area contributed by atoms with Crippen molar-refractivity contribution >= 4 is 11.6 Å². The zero-order chi connectivity index (χ0) is 11.3. The normalized spacial score (nSPS) is 12.1. The van der Waals surface area contributed by atoms with Crippen LogP contribution in [0.4, 0.5) is 5.69 Å². The van der Waals surface area contributed by atoms with E-state index < -0.39 is 0 Å². The molecule has 3 N–H and O–H groups in total. The zero-order valence-electron chi connectivity index (χ0n) is 9.16. The maximum Gasteiger partial charge on any atom is 0.253 e. The van der Waals surface area contributed by atoms with Crippen LogP contribution in [0.25, 0.3) is 0 Å². The summed E-state index contributed by atoms with van der Waals surface area (Å²) < 4.78 is 0. The second kappa shape index (κ2) is 5.34. The van der Waals surface area contributed by atoms with E-state index in [9.17, 15) is 4.79 Å². The molecule has 0 bridgehead atoms. The molecule has 0 aliphatic rings. The van der Waals surface area contributed by atoms with Crippen LogP contribution in [0.2, 0.25) is 0 Å². The van der Waals surface area contributed by atoms with Gasteiger partial charge >= 0.3 is 0 Å². The lowest BCUT2D eigenvalue weighted by Gasteiger charge is -2.10. The third kappa shape index (κ3) is 3.23. The van der Waals surface area contributed by atoms with Gasteiger partial charge < -0.3 is 11.1 Å². The molecule has 4 heteroatoms. The predicted molar refractivity (Wildman–Crippen MR) is 60.4 cm³/mol. The summed E-state index contributed by atoms with van der Waals surface area (Å²) in [6.45, 7) is 4.87. The highest BCUT2D eigenvalue weighted by Gasteiger charge is 2.09. The average molecular weight is 207 g/mol. The molecule has 1 rings (SSSR count). The smallest absolute Gasteiger partial charge is 0.253 e. The Morgan fingerprint density at radius 1 is 1.67 bits per heavy atom. The lowest BCUT2D eigenvalue weighted by Crippen LogP contribution is -2.28. The fourth-order valence-electron chi connectivity index (χ4n) is 1.12. The van der Waals surface area contributed by atoms with Gasteiger partial charge in [-0.05, 0) is 12.0 Å². The summed E-state index contributed by atoms with van der Waals surface area (Å²) in [4.78, 5) is 15.5. The van der Waals surface area contributed by atoms with Gasteiger partial charge in [0.15, 0.2) is 0 Å². The van der Waals surface area contributed by atoms with E-state index in [2.05, 4.69) is 24.1 Å². The molecule has 0 spiro atoms. The first-order chi connectivity index (χ1) is 7.15. The second-order valence-electron chi connectivity index (χ2n) is 3.69. The number of nitrogen functional groups attached to an aromatic ring is 1. The predicted octanol–water partition coefficient (Wildman–Crippen LogP) is 1.44. The molecular formula is C11H17N3O. The number of nitrogens with one attached hydrogen (secondary N) is 1. The van der Waals surface area contributed by atoms with Gasteiger partial charge in [0.05, 0.1) is 17.4 Å². The van der Waals surface area contributed by atoms with Gasteiger partial charge in [-0.1, -0.05) is 20.3 Å². The number of aromatic nitrogens is 1. The van der Waals surface area contributed by atoms with Crippen molar-refractivity contribution in [2.24, 2.45) is 5.92 Å². The summed E-state index contributed by atoms with van der Waals surface area (Å²) in [7, 11) is 0. The quantitative estimate of drug-likeness (QED) is 0.785. The Kier molecular flexibility index (Phi) is 4.09. The first kappa shape index (κ1) is 11.5. The molecule has 1 unspecified atom stereocenters. The average Bonchev–Trinajstić information content (AvgIpc) is 2.26. The molecule has 0 radical (unpaired) electrons. The van der Waals surface area contributed by atoms with Gasteiger partial charge in [-0.3, -0.25) is 9.78 Å². The van der Waals surface area contributed by atoms with E-state index in [0.29, 0.717) is 23.7 Å². The van der Waals surface area contributed by atoms with E-state index >= 15 is 0 Å². The number of nitrogens with zero attached hydrogens (tertiary/aromatic N) is 1. The molecule has 4 nitrogen and oxygen atoms in total. The number of amides is 1. The Morgan fingerprint density at radius 3 is 3.00 bits per heavy atom. The molecule has 0 aromatic carbocycles. The van der Waals surface area contributed by atoms with Crippen LogP contribution in [-0.4, -0.2) is 17.4 Å². The molecule has 1 aromatic heterocycles. The molecule has 15 heavy (non-hydrogen) atoms. The number of hydrogen-bond acceptors (Lipinski definition) is 3. The van der Waals surface area contributed by atoms with Crippen LogP contribution >= 0.6 is 0 Å². The molecular weight excluding hydrogens is 190 g/mol. The van der Waals surface area contributed by atoms with E-state index in [1.807, 2.05) is 0 Å². The van der Waals surface area contributed by atoms with Crippen LogP contribution < -0.4 is 11.1 Å². The van der Waals surface area contributed by atoms with E-state index in [1.54, 1.807) is 12.3 Å². The van der Waals surface area contributed by atoms with E-state index in [4.69, 9.17) is 5.73 Å². The van der Waals surface area contributed by atoms with Crippen LogP contribution in [0.1, 0.15) is 30.6 Å². The second-order valence-corrected chi connectivity index (χ2v) is 3.69. The SMILES string of the molecule is CCC(C)CNC(=O)c1ccncc1N. The monoisotopic (exact) mass is 207 g/mol. The lowest BCUT2D eigenvalue weighted by atomic mass is 10.1. The van der Waals surface area contributed by atoms with Gasteiger partial charge in [0.1, 0.15) is 0 Å². The fraction of sp³-hybridized carbons (Fsp3) is 0.455. The zero-order valence-corrected chi connectivity index (χ0v) is 9.16. The first-order valence-corrected chi connectivity index (χ1v) is 5.12. The van der Waals surface area contributed by atoms with Crippen molar-refractivity contribution in [3.8, 4) is 0 Å². The van der Waals surface area contributed by atoms with Crippen LogP contribution in [0.3, 0.4) is 0 Å². The number of pyridine rings is 1. The van der Waals surface area contributed by atoms with E-state index in [-0.39, 0.29) is 5.91 Å². The third-order valence-corrected chi connectivity index (χ3v) is 2.40. The highest BCUT2D eigenvalue weighted by Crippen LogP contribution is 2.08. The summed E-state index contributed by atoms with van der Waals surface area (Å²) in [5.41, 5.74) is 6.55. The topological polar surface area (TPSA) is 68.0 Å². The summed E-state index contributed by atoms with van der Waals surface area (Å²) in [6.07, 6.45) is 4.10. The maximum absolute atomic E-state index is 11.7. The minimum atomic E-state index is -0.129. The van der Waals surface area contributed by atoms with Gasteiger partial charge in [-0.25, -0.2) is 0 Å². The molecule has 1 amide bonds. The number of anilines is 1. The molecule has 1 aromatic rings. The summed E-state index contributed by atoms with van der Waals surface area (Å²) in [5, 5.41) is 2.84. The van der Waals surface area contributed by atoms with Crippen LogP contribution in [0.15, 0.2) is 18.5 Å². The number of carbonyl (C=O) groups is 1. The minimum absolute atomic E-state index is 0.129. The minimum Gasteiger partial charge on any atom is -0.397 e. The fourth-order valence-corrected chi connectivity index (χ4v) is 1.12. The Morgan fingerprint density at radius 2 is 2.40 bits per heavy atom. The largest absolute Gasteiger partial charge is 0.397 e. The Hall–Kier alpha value is -1.58. The van der Waals surface area contributed by atoms with E-state index in [0.717, 1.165) is 6.42 Å². The molecule has 0 saturated carbocycles. The molecule has 0 fully saturated rings. The van der Waals surface area contributed by atoms with Crippen LogP contribution in [0, 0.1) is 5.92 Å². The van der Waals surface area contributed by atoms with Gasteiger partial charge in [-0.15, -0.1) is 0 Å². The first-order valence-electron chi connectivity index (χ1n) is 5.12. The molecule has 1 atom stereocenters. The van der Waals surface area contributed by atoms with Gasteiger partial charge in [0, 0.05) is 12.7 Å².